The van der Waals surface area contributed by atoms with E-state index in [1.807, 2.05) is 4.90 Å². The number of hydrogen-bond acceptors (Lipinski definition) is 5. The van der Waals surface area contributed by atoms with Crippen LogP contribution in [0.2, 0.25) is 0 Å². The van der Waals surface area contributed by atoms with Crippen LogP contribution >= 0.6 is 0 Å². The van der Waals surface area contributed by atoms with Crippen LogP contribution in [0.1, 0.15) is 29.6 Å². The van der Waals surface area contributed by atoms with E-state index in [0.717, 1.165) is 52.3 Å². The predicted molar refractivity (Wildman–Crippen MR) is 91.3 cm³/mol. The maximum absolute atomic E-state index is 12.5. The molecule has 0 radical (unpaired) electrons. The Kier molecular flexibility index (Phi) is 5.01. The molecule has 4 heterocycles. The van der Waals surface area contributed by atoms with Crippen LogP contribution < -0.4 is 0 Å². The van der Waals surface area contributed by atoms with E-state index >= 15 is 0 Å². The van der Waals surface area contributed by atoms with Crippen LogP contribution in [0.5, 0.6) is 0 Å². The van der Waals surface area contributed by atoms with E-state index in [1.54, 1.807) is 24.5 Å². The Bertz CT molecular complexity index is 582. The Hall–Kier alpha value is -1.50. The maximum atomic E-state index is 12.5. The topological polar surface area (TPSA) is 60.9 Å². The van der Waals surface area contributed by atoms with Gasteiger partial charge in [0.15, 0.2) is 0 Å². The summed E-state index contributed by atoms with van der Waals surface area (Å²) in [6, 6.07) is 3.52. The third-order valence-corrected chi connectivity index (χ3v) is 5.74. The summed E-state index contributed by atoms with van der Waals surface area (Å²) in [7, 11) is 0. The monoisotopic (exact) mass is 346 g/mol. The quantitative estimate of drug-likeness (QED) is 0.813. The van der Waals surface area contributed by atoms with Crippen molar-refractivity contribution in [2.75, 3.05) is 46.1 Å². The molecule has 0 saturated carbocycles. The van der Waals surface area contributed by atoms with Crippen molar-refractivity contribution in [2.45, 2.75) is 24.9 Å². The van der Waals surface area contributed by atoms with E-state index in [2.05, 4.69) is 4.98 Å². The Morgan fingerprint density at radius 1 is 1.16 bits per heavy atom. The van der Waals surface area contributed by atoms with Crippen molar-refractivity contribution in [3.63, 3.8) is 0 Å². The first-order chi connectivity index (χ1) is 12.3. The molecule has 1 amide bonds. The highest BCUT2D eigenvalue weighted by Gasteiger charge is 2.54. The largest absolute Gasteiger partial charge is 0.381 e. The molecule has 0 bridgehead atoms. The number of rotatable bonds is 5. The Morgan fingerprint density at radius 3 is 2.68 bits per heavy atom. The zero-order valence-electron chi connectivity index (χ0n) is 14.6. The van der Waals surface area contributed by atoms with Crippen molar-refractivity contribution in [1.29, 1.82) is 0 Å². The number of carbonyl (C=O) groups is 1. The van der Waals surface area contributed by atoms with Crippen molar-refractivity contribution in [3.05, 3.63) is 30.1 Å². The van der Waals surface area contributed by atoms with E-state index in [9.17, 15) is 4.79 Å². The number of nitrogens with zero attached hydrogens (tertiary/aromatic N) is 2. The van der Waals surface area contributed by atoms with Crippen molar-refractivity contribution < 1.29 is 19.0 Å². The fraction of sp³-hybridized carbons (Fsp3) is 0.684. The van der Waals surface area contributed by atoms with Gasteiger partial charge in [-0.3, -0.25) is 9.78 Å². The van der Waals surface area contributed by atoms with Gasteiger partial charge in [-0.2, -0.15) is 0 Å². The smallest absolute Gasteiger partial charge is 0.254 e. The van der Waals surface area contributed by atoms with Gasteiger partial charge in [0.1, 0.15) is 5.60 Å². The van der Waals surface area contributed by atoms with Crippen molar-refractivity contribution >= 4 is 5.91 Å². The number of amides is 1. The van der Waals surface area contributed by atoms with Gasteiger partial charge in [-0.1, -0.05) is 0 Å². The van der Waals surface area contributed by atoms with E-state index < -0.39 is 0 Å². The second-order valence-electron chi connectivity index (χ2n) is 7.39. The molecule has 0 aromatic carbocycles. The number of likely N-dealkylation sites (tertiary alicyclic amines) is 1. The molecule has 0 aliphatic carbocycles. The molecule has 3 fully saturated rings. The third kappa shape index (κ3) is 3.57. The van der Waals surface area contributed by atoms with Crippen LogP contribution in [-0.2, 0) is 14.2 Å². The van der Waals surface area contributed by atoms with Gasteiger partial charge in [0.25, 0.3) is 5.91 Å². The van der Waals surface area contributed by atoms with E-state index in [-0.39, 0.29) is 11.5 Å². The Labute approximate surface area is 148 Å². The first kappa shape index (κ1) is 16.9. The summed E-state index contributed by atoms with van der Waals surface area (Å²) in [6.07, 6.45) is 6.52. The lowest BCUT2D eigenvalue weighted by Gasteiger charge is -2.50. The second kappa shape index (κ2) is 7.40. The molecule has 1 aromatic heterocycles. The van der Waals surface area contributed by atoms with Crippen LogP contribution in [0.4, 0.5) is 0 Å². The maximum Gasteiger partial charge on any atom is 0.254 e. The summed E-state index contributed by atoms with van der Waals surface area (Å²) in [5.74, 6) is 1.07. The molecule has 6 heteroatoms. The summed E-state index contributed by atoms with van der Waals surface area (Å²) in [6.45, 7) is 5.36. The Morgan fingerprint density at radius 2 is 1.92 bits per heavy atom. The summed E-state index contributed by atoms with van der Waals surface area (Å²) < 4.78 is 17.5. The van der Waals surface area contributed by atoms with Gasteiger partial charge in [-0.25, -0.2) is 0 Å². The zero-order valence-corrected chi connectivity index (χ0v) is 14.6. The Balaban J connectivity index is 1.27. The zero-order chi connectivity index (χ0) is 17.1. The van der Waals surface area contributed by atoms with Gasteiger partial charge in [0.05, 0.1) is 19.7 Å². The summed E-state index contributed by atoms with van der Waals surface area (Å²) in [5, 5.41) is 0. The minimum atomic E-state index is -0.196. The van der Waals surface area contributed by atoms with Crippen LogP contribution in [0.15, 0.2) is 24.5 Å². The molecule has 3 aliphatic rings. The predicted octanol–water partition coefficient (Wildman–Crippen LogP) is 1.76. The first-order valence-electron chi connectivity index (χ1n) is 9.26. The minimum Gasteiger partial charge on any atom is -0.381 e. The molecule has 0 N–H and O–H groups in total. The molecule has 6 nitrogen and oxygen atoms in total. The molecule has 3 aliphatic heterocycles. The lowest BCUT2D eigenvalue weighted by Crippen LogP contribution is -2.66. The van der Waals surface area contributed by atoms with Gasteiger partial charge >= 0.3 is 0 Å². The van der Waals surface area contributed by atoms with E-state index in [4.69, 9.17) is 14.2 Å². The molecule has 1 spiro atoms. The molecule has 1 aromatic rings. The molecular formula is C19H26N2O4. The van der Waals surface area contributed by atoms with Crippen molar-refractivity contribution in [1.82, 2.24) is 9.88 Å². The van der Waals surface area contributed by atoms with Gasteiger partial charge in [0.2, 0.25) is 0 Å². The van der Waals surface area contributed by atoms with Crippen molar-refractivity contribution in [3.8, 4) is 0 Å². The minimum absolute atomic E-state index is 0.0606. The van der Waals surface area contributed by atoms with Crippen molar-refractivity contribution in [2.24, 2.45) is 11.8 Å². The standard InChI is InChI=1S/C19H26N2O4/c22-18(16-1-6-20-7-2-16)21-13-19(14-21)17(5-10-25-19)12-24-11-15-3-8-23-9-4-15/h1-2,6-7,15,17H,3-5,8-14H2/t17-/m1/s1. The molecular weight excluding hydrogens is 320 g/mol. The lowest BCUT2D eigenvalue weighted by molar-refractivity contribution is -0.129. The van der Waals surface area contributed by atoms with E-state index in [0.29, 0.717) is 30.5 Å². The van der Waals surface area contributed by atoms with Crippen LogP contribution in [0.3, 0.4) is 0 Å². The summed E-state index contributed by atoms with van der Waals surface area (Å²) in [5.41, 5.74) is 0.494. The highest BCUT2D eigenvalue weighted by Crippen LogP contribution is 2.40. The number of aromatic nitrogens is 1. The SMILES string of the molecule is O=C(c1ccncc1)N1CC2(C1)OCC[C@@H]2COCC1CCOCC1. The second-order valence-corrected chi connectivity index (χ2v) is 7.39. The average Bonchev–Trinajstić information content (AvgIpc) is 3.05. The molecule has 25 heavy (non-hydrogen) atoms. The van der Waals surface area contributed by atoms with Gasteiger partial charge < -0.3 is 19.1 Å². The fourth-order valence-corrected chi connectivity index (χ4v) is 4.08. The van der Waals surface area contributed by atoms with Crippen LogP contribution in [-0.4, -0.2) is 67.5 Å². The van der Waals surface area contributed by atoms with E-state index in [1.165, 1.54) is 0 Å². The molecule has 1 atom stereocenters. The third-order valence-electron chi connectivity index (χ3n) is 5.74. The van der Waals surface area contributed by atoms with Crippen LogP contribution in [0, 0.1) is 11.8 Å². The highest BCUT2D eigenvalue weighted by molar-refractivity contribution is 5.94. The highest BCUT2D eigenvalue weighted by atomic mass is 16.5. The number of ether oxygens (including phenoxy) is 3. The molecule has 3 saturated heterocycles. The fourth-order valence-electron chi connectivity index (χ4n) is 4.08. The van der Waals surface area contributed by atoms with Gasteiger partial charge in [0, 0.05) is 50.3 Å². The normalized spacial score (nSPS) is 25.9. The number of carbonyl (C=O) groups excluding carboxylic acids is 1. The number of pyridine rings is 1. The van der Waals surface area contributed by atoms with Gasteiger partial charge in [-0.05, 0) is 37.3 Å². The first-order valence-corrected chi connectivity index (χ1v) is 9.26. The molecule has 4 rings (SSSR count). The van der Waals surface area contributed by atoms with Crippen LogP contribution in [0.25, 0.3) is 0 Å². The molecule has 0 unspecified atom stereocenters. The summed E-state index contributed by atoms with van der Waals surface area (Å²) in [4.78, 5) is 18.3. The average molecular weight is 346 g/mol. The van der Waals surface area contributed by atoms with Gasteiger partial charge in [-0.15, -0.1) is 0 Å². The molecule has 136 valence electrons. The number of hydrogen-bond donors (Lipinski definition) is 0. The lowest BCUT2D eigenvalue weighted by atomic mass is 9.81. The summed E-state index contributed by atoms with van der Waals surface area (Å²) >= 11 is 0.